The number of carbonyl (C=O) groups excluding carboxylic acids is 2. The van der Waals surface area contributed by atoms with E-state index >= 15 is 0 Å². The standard InChI is InChI=1S/C29H28N4O4S/c1-5-8-23-31-26-17(2)15-18(3)30-28(26)33(23)16-19-11-13-20(14-12-19)24-21-9-6-7-10-22(21)27(34)25(24)29(35)32-38(4,36)37/h6-7,9-15H,5,8,16H2,1-4H3,(H,32,35). The Labute approximate surface area is 221 Å². The zero-order valence-corrected chi connectivity index (χ0v) is 22.5. The quantitative estimate of drug-likeness (QED) is 0.361. The van der Waals surface area contributed by atoms with Crippen LogP contribution < -0.4 is 4.72 Å². The largest absolute Gasteiger partial charge is 0.308 e. The summed E-state index contributed by atoms with van der Waals surface area (Å²) in [6, 6.07) is 16.6. The molecule has 5 rings (SSSR count). The molecule has 0 saturated heterocycles. The third-order valence-electron chi connectivity index (χ3n) is 6.58. The average molecular weight is 529 g/mol. The van der Waals surface area contributed by atoms with Crippen LogP contribution in [0.15, 0.2) is 60.2 Å². The number of carbonyl (C=O) groups is 2. The topological polar surface area (TPSA) is 111 Å². The fourth-order valence-corrected chi connectivity index (χ4v) is 5.45. The molecule has 1 amide bonds. The van der Waals surface area contributed by atoms with Crippen molar-refractivity contribution in [3.05, 3.63) is 99.5 Å². The van der Waals surface area contributed by atoms with Crippen LogP contribution in [-0.4, -0.2) is 40.9 Å². The van der Waals surface area contributed by atoms with Gasteiger partial charge in [-0.3, -0.25) is 9.59 Å². The zero-order valence-electron chi connectivity index (χ0n) is 21.7. The van der Waals surface area contributed by atoms with Crippen molar-refractivity contribution in [3.63, 3.8) is 0 Å². The van der Waals surface area contributed by atoms with Gasteiger partial charge in [0.25, 0.3) is 5.91 Å². The second-order valence-corrected chi connectivity index (χ2v) is 11.4. The van der Waals surface area contributed by atoms with Crippen molar-refractivity contribution in [1.82, 2.24) is 19.3 Å². The van der Waals surface area contributed by atoms with Crippen molar-refractivity contribution in [2.75, 3.05) is 6.26 Å². The molecule has 0 spiro atoms. The van der Waals surface area contributed by atoms with Crippen LogP contribution in [0.25, 0.3) is 16.7 Å². The van der Waals surface area contributed by atoms with Gasteiger partial charge in [-0.15, -0.1) is 0 Å². The number of sulfonamides is 1. The predicted octanol–water partition coefficient (Wildman–Crippen LogP) is 4.12. The van der Waals surface area contributed by atoms with Gasteiger partial charge in [-0.1, -0.05) is 55.5 Å². The Morgan fingerprint density at radius 3 is 2.34 bits per heavy atom. The molecule has 2 heterocycles. The van der Waals surface area contributed by atoms with Crippen LogP contribution in [-0.2, 0) is 27.8 Å². The van der Waals surface area contributed by atoms with Crippen LogP contribution in [0.2, 0.25) is 0 Å². The van der Waals surface area contributed by atoms with Gasteiger partial charge in [-0.25, -0.2) is 23.1 Å². The molecule has 0 bridgehead atoms. The highest BCUT2D eigenvalue weighted by atomic mass is 32.2. The SMILES string of the molecule is CCCc1nc2c(C)cc(C)nc2n1Cc1ccc(C2=C(C(=O)NS(C)(=O)=O)C(=O)c3ccccc32)cc1. The summed E-state index contributed by atoms with van der Waals surface area (Å²) < 4.78 is 27.6. The number of fused-ring (bicyclic) bond motifs is 2. The van der Waals surface area contributed by atoms with E-state index < -0.39 is 21.7 Å². The number of imidazole rings is 1. The molecule has 0 fully saturated rings. The molecule has 0 aliphatic heterocycles. The van der Waals surface area contributed by atoms with E-state index in [-0.39, 0.29) is 5.57 Å². The van der Waals surface area contributed by atoms with Gasteiger partial charge in [-0.2, -0.15) is 0 Å². The summed E-state index contributed by atoms with van der Waals surface area (Å²) in [6.45, 7) is 6.71. The molecule has 2 aromatic carbocycles. The minimum absolute atomic E-state index is 0.176. The molecule has 2 aromatic heterocycles. The van der Waals surface area contributed by atoms with Crippen molar-refractivity contribution in [2.45, 2.75) is 40.2 Å². The van der Waals surface area contributed by atoms with E-state index in [1.165, 1.54) is 0 Å². The van der Waals surface area contributed by atoms with Crippen molar-refractivity contribution in [2.24, 2.45) is 0 Å². The summed E-state index contributed by atoms with van der Waals surface area (Å²) in [6.07, 6.45) is 2.68. The smallest absolute Gasteiger partial charge is 0.269 e. The summed E-state index contributed by atoms with van der Waals surface area (Å²) in [5, 5.41) is 0. The van der Waals surface area contributed by atoms with Gasteiger partial charge < -0.3 is 4.57 Å². The van der Waals surface area contributed by atoms with E-state index in [0.717, 1.165) is 52.9 Å². The van der Waals surface area contributed by atoms with Crippen LogP contribution >= 0.6 is 0 Å². The first-order valence-electron chi connectivity index (χ1n) is 12.4. The van der Waals surface area contributed by atoms with E-state index in [1.807, 2.05) is 48.9 Å². The second-order valence-electron chi connectivity index (χ2n) is 9.64. The first kappa shape index (κ1) is 25.5. The summed E-state index contributed by atoms with van der Waals surface area (Å²) in [5.41, 5.74) is 6.67. The van der Waals surface area contributed by atoms with Crippen LogP contribution in [0.3, 0.4) is 0 Å². The van der Waals surface area contributed by atoms with Gasteiger partial charge in [0.15, 0.2) is 11.4 Å². The third kappa shape index (κ3) is 4.65. The summed E-state index contributed by atoms with van der Waals surface area (Å²) in [7, 11) is -3.85. The highest BCUT2D eigenvalue weighted by molar-refractivity contribution is 7.89. The van der Waals surface area contributed by atoms with Gasteiger partial charge in [0.2, 0.25) is 10.0 Å². The Hall–Kier alpha value is -4.11. The molecule has 1 aliphatic rings. The maximum atomic E-state index is 13.1. The molecular formula is C29H28N4O4S. The number of nitrogens with zero attached hydrogens (tertiary/aromatic N) is 3. The van der Waals surface area contributed by atoms with Gasteiger partial charge in [0, 0.05) is 23.3 Å². The van der Waals surface area contributed by atoms with Crippen molar-refractivity contribution in [1.29, 1.82) is 0 Å². The number of hydrogen-bond acceptors (Lipinski definition) is 6. The van der Waals surface area contributed by atoms with Gasteiger partial charge in [0.1, 0.15) is 11.3 Å². The zero-order chi connectivity index (χ0) is 27.2. The lowest BCUT2D eigenvalue weighted by Crippen LogP contribution is -2.32. The number of aryl methyl sites for hydroxylation is 3. The fourth-order valence-electron chi connectivity index (χ4n) is 5.01. The Bertz CT molecular complexity index is 1750. The Kier molecular flexibility index (Phi) is 6.48. The van der Waals surface area contributed by atoms with E-state index in [2.05, 4.69) is 11.5 Å². The minimum atomic E-state index is -3.85. The molecular weight excluding hydrogens is 500 g/mol. The number of amides is 1. The predicted molar refractivity (Wildman–Crippen MR) is 146 cm³/mol. The monoisotopic (exact) mass is 528 g/mol. The van der Waals surface area contributed by atoms with Gasteiger partial charge in [0.05, 0.1) is 18.4 Å². The number of aromatic nitrogens is 3. The number of benzene rings is 2. The molecule has 194 valence electrons. The highest BCUT2D eigenvalue weighted by Crippen LogP contribution is 2.37. The van der Waals surface area contributed by atoms with Crippen LogP contribution in [0.5, 0.6) is 0 Å². The summed E-state index contributed by atoms with van der Waals surface area (Å²) in [5.74, 6) is -0.448. The molecule has 0 saturated carbocycles. The molecule has 0 atom stereocenters. The molecule has 38 heavy (non-hydrogen) atoms. The Morgan fingerprint density at radius 1 is 1.00 bits per heavy atom. The second kappa shape index (κ2) is 9.64. The Morgan fingerprint density at radius 2 is 1.68 bits per heavy atom. The summed E-state index contributed by atoms with van der Waals surface area (Å²) >= 11 is 0. The molecule has 1 N–H and O–H groups in total. The summed E-state index contributed by atoms with van der Waals surface area (Å²) in [4.78, 5) is 35.7. The lowest BCUT2D eigenvalue weighted by molar-refractivity contribution is -0.115. The van der Waals surface area contributed by atoms with Crippen molar-refractivity contribution in [3.8, 4) is 0 Å². The maximum Gasteiger partial charge on any atom is 0.269 e. The molecule has 0 radical (unpaired) electrons. The average Bonchev–Trinajstić information content (AvgIpc) is 3.34. The van der Waals surface area contributed by atoms with E-state index in [4.69, 9.17) is 9.97 Å². The number of nitrogens with one attached hydrogen (secondary N) is 1. The minimum Gasteiger partial charge on any atom is -0.308 e. The van der Waals surface area contributed by atoms with Gasteiger partial charge >= 0.3 is 0 Å². The first-order chi connectivity index (χ1) is 18.1. The van der Waals surface area contributed by atoms with E-state index in [1.54, 1.807) is 24.3 Å². The molecule has 1 aliphatic carbocycles. The highest BCUT2D eigenvalue weighted by Gasteiger charge is 2.35. The fraction of sp³-hybridized carbons (Fsp3) is 0.241. The van der Waals surface area contributed by atoms with E-state index in [0.29, 0.717) is 28.8 Å². The van der Waals surface area contributed by atoms with Crippen LogP contribution in [0.4, 0.5) is 0 Å². The number of pyridine rings is 1. The van der Waals surface area contributed by atoms with E-state index in [9.17, 15) is 18.0 Å². The number of rotatable bonds is 7. The normalized spacial score (nSPS) is 13.3. The molecule has 9 heteroatoms. The number of hydrogen-bond donors (Lipinski definition) is 1. The van der Waals surface area contributed by atoms with Crippen molar-refractivity contribution < 1.29 is 18.0 Å². The molecule has 8 nitrogen and oxygen atoms in total. The van der Waals surface area contributed by atoms with Gasteiger partial charge in [-0.05, 0) is 48.6 Å². The lowest BCUT2D eigenvalue weighted by atomic mass is 9.96. The Balaban J connectivity index is 1.56. The van der Waals surface area contributed by atoms with Crippen LogP contribution in [0, 0.1) is 13.8 Å². The first-order valence-corrected chi connectivity index (χ1v) is 14.3. The lowest BCUT2D eigenvalue weighted by Gasteiger charge is -2.12. The molecule has 0 unspecified atom stereocenters. The van der Waals surface area contributed by atoms with Crippen molar-refractivity contribution >= 4 is 38.5 Å². The number of ketones is 1. The van der Waals surface area contributed by atoms with Crippen LogP contribution in [0.1, 0.15) is 57.5 Å². The number of Topliss-reactive ketones (excluding diaryl/α,β-unsaturated/α-hetero) is 1. The molecule has 4 aromatic rings. The maximum absolute atomic E-state index is 13.1. The third-order valence-corrected chi connectivity index (χ3v) is 7.14.